The number of ether oxygens (including phenoxy) is 3. The highest BCUT2D eigenvalue weighted by Gasteiger charge is 2.26. The predicted octanol–water partition coefficient (Wildman–Crippen LogP) is 3.12. The monoisotopic (exact) mass is 407 g/mol. The number of rotatable bonds is 7. The lowest BCUT2D eigenvalue weighted by molar-refractivity contribution is -0.149. The fourth-order valence-electron chi connectivity index (χ4n) is 3.20. The van der Waals surface area contributed by atoms with E-state index >= 15 is 0 Å². The van der Waals surface area contributed by atoms with Gasteiger partial charge in [0.2, 0.25) is 5.89 Å². The van der Waals surface area contributed by atoms with Crippen molar-refractivity contribution in [3.8, 4) is 23.0 Å². The summed E-state index contributed by atoms with van der Waals surface area (Å²) in [5.41, 5.74) is 0.724. The first-order valence-corrected chi connectivity index (χ1v) is 9.65. The third-order valence-electron chi connectivity index (χ3n) is 4.75. The van der Waals surface area contributed by atoms with Crippen molar-refractivity contribution in [3.05, 3.63) is 23.0 Å². The highest BCUT2D eigenvalue weighted by atomic mass is 32.1. The number of esters is 1. The Kier molecular flexibility index (Phi) is 6.69. The summed E-state index contributed by atoms with van der Waals surface area (Å²) in [5, 5.41) is 4.51. The molecule has 1 saturated heterocycles. The number of hydrogen-bond acceptors (Lipinski definition) is 8. The number of piperidine rings is 1. The fraction of sp³-hybridized carbons (Fsp3) is 0.526. The Morgan fingerprint density at radius 3 is 2.43 bits per heavy atom. The van der Waals surface area contributed by atoms with Crippen LogP contribution < -0.4 is 9.47 Å². The Morgan fingerprint density at radius 1 is 1.21 bits per heavy atom. The van der Waals surface area contributed by atoms with E-state index in [1.165, 1.54) is 0 Å². The third-order valence-corrected chi connectivity index (χ3v) is 5.04. The minimum atomic E-state index is -0.102. The zero-order valence-corrected chi connectivity index (χ0v) is 17.2. The van der Waals surface area contributed by atoms with Crippen LogP contribution in [0.25, 0.3) is 11.5 Å². The Hall–Kier alpha value is -2.39. The highest BCUT2D eigenvalue weighted by molar-refractivity contribution is 7.71. The molecule has 2 heterocycles. The first-order valence-electron chi connectivity index (χ1n) is 9.24. The van der Waals surface area contributed by atoms with E-state index in [0.717, 1.165) is 31.5 Å². The first kappa shape index (κ1) is 20.3. The van der Waals surface area contributed by atoms with Gasteiger partial charge >= 0.3 is 5.97 Å². The van der Waals surface area contributed by atoms with Gasteiger partial charge in [-0.1, -0.05) is 0 Å². The van der Waals surface area contributed by atoms with E-state index in [1.54, 1.807) is 25.0 Å². The lowest BCUT2D eigenvalue weighted by Gasteiger charge is -2.30. The number of hydrogen-bond donors (Lipinski definition) is 0. The topological polar surface area (TPSA) is 79.0 Å². The molecule has 0 spiro atoms. The average molecular weight is 407 g/mol. The molecule has 0 radical (unpaired) electrons. The van der Waals surface area contributed by atoms with Crippen LogP contribution in [0.1, 0.15) is 19.8 Å². The lowest BCUT2D eigenvalue weighted by atomic mass is 9.97. The molecule has 0 bridgehead atoms. The Balaban J connectivity index is 1.69. The van der Waals surface area contributed by atoms with E-state index in [2.05, 4.69) is 10.00 Å². The number of carbonyl (C=O) groups excluding carboxylic acids is 1. The van der Waals surface area contributed by atoms with Gasteiger partial charge in [0.05, 0.1) is 33.4 Å². The van der Waals surface area contributed by atoms with Gasteiger partial charge in [0.15, 0.2) is 0 Å². The van der Waals surface area contributed by atoms with Crippen LogP contribution in [0.5, 0.6) is 11.5 Å². The maximum atomic E-state index is 11.9. The number of aromatic nitrogens is 2. The molecule has 0 amide bonds. The maximum absolute atomic E-state index is 11.9. The molecule has 1 aliphatic heterocycles. The van der Waals surface area contributed by atoms with Crippen LogP contribution in [0.15, 0.2) is 22.6 Å². The zero-order valence-electron chi connectivity index (χ0n) is 16.3. The molecule has 8 nitrogen and oxygen atoms in total. The van der Waals surface area contributed by atoms with Crippen molar-refractivity contribution in [3.63, 3.8) is 0 Å². The molecule has 28 heavy (non-hydrogen) atoms. The van der Waals surface area contributed by atoms with Gasteiger partial charge in [0.25, 0.3) is 4.84 Å². The number of carbonyl (C=O) groups is 1. The van der Waals surface area contributed by atoms with Crippen LogP contribution in [0.2, 0.25) is 0 Å². The van der Waals surface area contributed by atoms with E-state index in [9.17, 15) is 4.79 Å². The summed E-state index contributed by atoms with van der Waals surface area (Å²) in [5.74, 6) is 1.57. The number of nitrogens with zero attached hydrogens (tertiary/aromatic N) is 3. The van der Waals surface area contributed by atoms with Crippen molar-refractivity contribution in [1.82, 2.24) is 14.7 Å². The Morgan fingerprint density at radius 2 is 1.86 bits per heavy atom. The number of likely N-dealkylation sites (tertiary alicyclic amines) is 1. The second-order valence-electron chi connectivity index (χ2n) is 6.56. The van der Waals surface area contributed by atoms with E-state index in [-0.39, 0.29) is 11.9 Å². The molecule has 0 aliphatic carbocycles. The van der Waals surface area contributed by atoms with Crippen molar-refractivity contribution < 1.29 is 23.4 Å². The van der Waals surface area contributed by atoms with Crippen LogP contribution in [0.4, 0.5) is 0 Å². The Bertz CT molecular complexity index is 848. The van der Waals surface area contributed by atoms with Gasteiger partial charge in [-0.25, -0.2) is 4.68 Å². The molecular weight excluding hydrogens is 382 g/mol. The summed E-state index contributed by atoms with van der Waals surface area (Å²) in [6.07, 6.45) is 1.54. The van der Waals surface area contributed by atoms with Crippen LogP contribution >= 0.6 is 12.2 Å². The summed E-state index contributed by atoms with van der Waals surface area (Å²) >= 11 is 5.33. The van der Waals surface area contributed by atoms with Gasteiger partial charge in [-0.15, -0.1) is 5.10 Å². The summed E-state index contributed by atoms with van der Waals surface area (Å²) in [6.45, 7) is 4.32. The van der Waals surface area contributed by atoms with Gasteiger partial charge in [0.1, 0.15) is 11.5 Å². The van der Waals surface area contributed by atoms with Crippen molar-refractivity contribution in [2.75, 3.05) is 33.9 Å². The second kappa shape index (κ2) is 9.20. The third kappa shape index (κ3) is 4.71. The molecule has 1 fully saturated rings. The van der Waals surface area contributed by atoms with Crippen LogP contribution in [-0.2, 0) is 16.2 Å². The predicted molar refractivity (Wildman–Crippen MR) is 105 cm³/mol. The smallest absolute Gasteiger partial charge is 0.309 e. The molecule has 0 unspecified atom stereocenters. The molecule has 9 heteroatoms. The second-order valence-corrected chi connectivity index (χ2v) is 6.91. The summed E-state index contributed by atoms with van der Waals surface area (Å²) in [7, 11) is 3.18. The molecule has 1 aliphatic rings. The van der Waals surface area contributed by atoms with Crippen molar-refractivity contribution in [1.29, 1.82) is 0 Å². The number of benzene rings is 1. The van der Waals surface area contributed by atoms with Crippen molar-refractivity contribution in [2.45, 2.75) is 26.4 Å². The summed E-state index contributed by atoms with van der Waals surface area (Å²) in [4.78, 5) is 14.4. The molecule has 3 rings (SSSR count). The van der Waals surface area contributed by atoms with Crippen LogP contribution in [-0.4, -0.2) is 54.6 Å². The average Bonchev–Trinajstić information content (AvgIpc) is 3.08. The molecule has 1 aromatic carbocycles. The van der Waals surface area contributed by atoms with Gasteiger partial charge in [-0.3, -0.25) is 9.69 Å². The standard InChI is InChI=1S/C19H25N3O5S/c1-4-26-18(23)13-5-7-21(8-6-13)12-22-19(28)27-17(20-22)14-9-15(24-2)11-16(10-14)25-3/h9-11,13H,4-8,12H2,1-3H3. The quantitative estimate of drug-likeness (QED) is 0.512. The fourth-order valence-corrected chi connectivity index (χ4v) is 3.38. The summed E-state index contributed by atoms with van der Waals surface area (Å²) in [6, 6.07) is 5.42. The van der Waals surface area contributed by atoms with Crippen molar-refractivity contribution >= 4 is 18.2 Å². The Labute approximate surface area is 169 Å². The molecule has 152 valence electrons. The lowest BCUT2D eigenvalue weighted by Crippen LogP contribution is -2.38. The van der Waals surface area contributed by atoms with Gasteiger partial charge < -0.3 is 18.6 Å². The highest BCUT2D eigenvalue weighted by Crippen LogP contribution is 2.29. The molecule has 0 saturated carbocycles. The number of methoxy groups -OCH3 is 2. The van der Waals surface area contributed by atoms with Crippen LogP contribution in [0, 0.1) is 10.8 Å². The first-order chi connectivity index (χ1) is 13.5. The van der Waals surface area contributed by atoms with E-state index in [0.29, 0.717) is 35.5 Å². The minimum absolute atomic E-state index is 0.0266. The van der Waals surface area contributed by atoms with E-state index in [1.807, 2.05) is 19.1 Å². The molecule has 2 aromatic rings. The maximum Gasteiger partial charge on any atom is 0.309 e. The van der Waals surface area contributed by atoms with Crippen molar-refractivity contribution in [2.24, 2.45) is 5.92 Å². The molecule has 0 atom stereocenters. The van der Waals surface area contributed by atoms with Gasteiger partial charge in [0, 0.05) is 24.7 Å². The van der Waals surface area contributed by atoms with Gasteiger partial charge in [-0.2, -0.15) is 0 Å². The minimum Gasteiger partial charge on any atom is -0.497 e. The zero-order chi connectivity index (χ0) is 20.1. The van der Waals surface area contributed by atoms with E-state index in [4.69, 9.17) is 30.8 Å². The molecular formula is C19H25N3O5S. The molecule has 1 aromatic heterocycles. The van der Waals surface area contributed by atoms with Crippen LogP contribution in [0.3, 0.4) is 0 Å². The largest absolute Gasteiger partial charge is 0.497 e. The summed E-state index contributed by atoms with van der Waals surface area (Å²) < 4.78 is 23.0. The SMILES string of the molecule is CCOC(=O)C1CCN(Cn2nc(-c3cc(OC)cc(OC)c3)oc2=S)CC1. The van der Waals surface area contributed by atoms with E-state index < -0.39 is 0 Å². The normalized spacial score (nSPS) is 15.4. The van der Waals surface area contributed by atoms with Gasteiger partial charge in [-0.05, 0) is 44.1 Å². The molecule has 0 N–H and O–H groups in total.